The van der Waals surface area contributed by atoms with Gasteiger partial charge in [-0.05, 0) is 31.3 Å². The Kier molecular flexibility index (Phi) is 3.21. The topological polar surface area (TPSA) is 37.3 Å². The average molecular weight is 220 g/mol. The van der Waals surface area contributed by atoms with Crippen molar-refractivity contribution < 1.29 is 23.1 Å². The molecule has 5 heteroatoms. The number of aliphatic carboxylic acids is 1. The second-order valence-corrected chi connectivity index (χ2v) is 3.45. The molecule has 0 aromatic rings. The summed E-state index contributed by atoms with van der Waals surface area (Å²) in [7, 11) is 0. The van der Waals surface area contributed by atoms with Crippen LogP contribution in [0.4, 0.5) is 13.2 Å². The van der Waals surface area contributed by atoms with Gasteiger partial charge in [-0.15, -0.1) is 0 Å². The molecule has 15 heavy (non-hydrogen) atoms. The third-order valence-corrected chi connectivity index (χ3v) is 2.43. The van der Waals surface area contributed by atoms with Crippen LogP contribution in [0.3, 0.4) is 0 Å². The van der Waals surface area contributed by atoms with Crippen LogP contribution in [0.5, 0.6) is 0 Å². The van der Waals surface area contributed by atoms with E-state index in [0.717, 1.165) is 0 Å². The zero-order valence-electron chi connectivity index (χ0n) is 8.02. The molecular weight excluding hydrogens is 209 g/mol. The Labute approximate surface area is 85.1 Å². The normalized spacial score (nSPS) is 17.8. The summed E-state index contributed by atoms with van der Waals surface area (Å²) in [6, 6.07) is 0. The van der Waals surface area contributed by atoms with Crippen molar-refractivity contribution in [2.45, 2.75) is 31.9 Å². The van der Waals surface area contributed by atoms with Crippen molar-refractivity contribution in [1.29, 1.82) is 0 Å². The molecule has 0 spiro atoms. The minimum absolute atomic E-state index is 0.136. The number of allylic oxidation sites excluding steroid dienone is 2. The van der Waals surface area contributed by atoms with E-state index in [1.165, 1.54) is 0 Å². The molecule has 1 N–H and O–H groups in total. The number of hydrogen-bond donors (Lipinski definition) is 1. The number of hydrogen-bond acceptors (Lipinski definition) is 1. The number of carbonyl (C=O) groups is 1. The van der Waals surface area contributed by atoms with Gasteiger partial charge in [-0.25, -0.2) is 4.79 Å². The van der Waals surface area contributed by atoms with Crippen molar-refractivity contribution in [2.24, 2.45) is 0 Å². The molecular formula is C10H11F3O2. The Balaban J connectivity index is 3.08. The van der Waals surface area contributed by atoms with E-state index in [1.54, 1.807) is 0 Å². The van der Waals surface area contributed by atoms with Gasteiger partial charge in [0.05, 0.1) is 5.57 Å². The molecule has 0 saturated carbocycles. The molecule has 1 aliphatic rings. The van der Waals surface area contributed by atoms with E-state index in [4.69, 9.17) is 5.11 Å². The lowest BCUT2D eigenvalue weighted by atomic mass is 9.87. The molecule has 0 bridgehead atoms. The van der Waals surface area contributed by atoms with Gasteiger partial charge in [0.2, 0.25) is 0 Å². The molecule has 0 aromatic carbocycles. The molecule has 0 saturated heterocycles. The van der Waals surface area contributed by atoms with Crippen LogP contribution in [0.2, 0.25) is 0 Å². The predicted molar refractivity (Wildman–Crippen MR) is 48.3 cm³/mol. The molecule has 1 rings (SSSR count). The number of alkyl halides is 3. The van der Waals surface area contributed by atoms with Crippen molar-refractivity contribution in [3.8, 4) is 0 Å². The van der Waals surface area contributed by atoms with E-state index < -0.39 is 17.7 Å². The van der Waals surface area contributed by atoms with Crippen LogP contribution < -0.4 is 0 Å². The lowest BCUT2D eigenvalue weighted by Gasteiger charge is -2.20. The number of carboxylic acid groups (broad SMARTS) is 1. The van der Waals surface area contributed by atoms with Crippen LogP contribution in [0, 0.1) is 0 Å². The largest absolute Gasteiger partial charge is 0.478 e. The highest BCUT2D eigenvalue weighted by Crippen LogP contribution is 2.37. The maximum Gasteiger partial charge on any atom is 0.416 e. The van der Waals surface area contributed by atoms with Crippen LogP contribution >= 0.6 is 0 Å². The first kappa shape index (κ1) is 11.8. The SMILES string of the molecule is C=C(C1=C(C(=O)O)CCCC1)C(F)(F)F. The lowest BCUT2D eigenvalue weighted by molar-refractivity contribution is -0.133. The van der Waals surface area contributed by atoms with Gasteiger partial charge in [0.15, 0.2) is 0 Å². The standard InChI is InChI=1S/C10H11F3O2/c1-6(10(11,12)13)7-4-2-3-5-8(7)9(14)15/h1-5H2,(H,14,15). The number of rotatable bonds is 2. The van der Waals surface area contributed by atoms with Crippen LogP contribution in [0.15, 0.2) is 23.3 Å². The molecule has 0 fully saturated rings. The van der Waals surface area contributed by atoms with Crippen molar-refractivity contribution in [2.75, 3.05) is 0 Å². The summed E-state index contributed by atoms with van der Waals surface area (Å²) in [4.78, 5) is 10.7. The maximum absolute atomic E-state index is 12.3. The van der Waals surface area contributed by atoms with Crippen LogP contribution in [-0.4, -0.2) is 17.3 Å². The quantitative estimate of drug-likeness (QED) is 0.776. The van der Waals surface area contributed by atoms with E-state index in [9.17, 15) is 18.0 Å². The molecule has 84 valence electrons. The third-order valence-electron chi connectivity index (χ3n) is 2.43. The van der Waals surface area contributed by atoms with Crippen LogP contribution in [0.1, 0.15) is 25.7 Å². The number of carboxylic acids is 1. The van der Waals surface area contributed by atoms with Gasteiger partial charge >= 0.3 is 12.1 Å². The van der Waals surface area contributed by atoms with Gasteiger partial charge in [0.1, 0.15) is 0 Å². The fraction of sp³-hybridized carbons (Fsp3) is 0.500. The van der Waals surface area contributed by atoms with Gasteiger partial charge in [-0.3, -0.25) is 0 Å². The summed E-state index contributed by atoms with van der Waals surface area (Å²) in [5, 5.41) is 8.76. The fourth-order valence-corrected chi connectivity index (χ4v) is 1.65. The second kappa shape index (κ2) is 4.08. The third kappa shape index (κ3) is 2.61. The van der Waals surface area contributed by atoms with Crippen molar-refractivity contribution in [1.82, 2.24) is 0 Å². The van der Waals surface area contributed by atoms with Gasteiger partial charge in [0.25, 0.3) is 0 Å². The molecule has 0 amide bonds. The molecule has 0 aromatic heterocycles. The molecule has 0 aliphatic heterocycles. The summed E-state index contributed by atoms with van der Waals surface area (Å²) in [6.45, 7) is 2.94. The van der Waals surface area contributed by atoms with E-state index in [0.29, 0.717) is 12.8 Å². The van der Waals surface area contributed by atoms with E-state index in [-0.39, 0.29) is 24.0 Å². The van der Waals surface area contributed by atoms with Crippen molar-refractivity contribution in [3.63, 3.8) is 0 Å². The molecule has 2 nitrogen and oxygen atoms in total. The summed E-state index contributed by atoms with van der Waals surface area (Å²) in [5.41, 5.74) is -1.29. The first-order valence-electron chi connectivity index (χ1n) is 4.56. The molecule has 0 heterocycles. The van der Waals surface area contributed by atoms with Gasteiger partial charge in [-0.1, -0.05) is 6.58 Å². The molecule has 0 radical (unpaired) electrons. The minimum Gasteiger partial charge on any atom is -0.478 e. The average Bonchev–Trinajstić information content (AvgIpc) is 2.15. The summed E-state index contributed by atoms with van der Waals surface area (Å²) < 4.78 is 37.0. The lowest BCUT2D eigenvalue weighted by Crippen LogP contribution is -2.18. The van der Waals surface area contributed by atoms with Gasteiger partial charge in [0, 0.05) is 5.57 Å². The summed E-state index contributed by atoms with van der Waals surface area (Å²) in [6.07, 6.45) is -2.98. The van der Waals surface area contributed by atoms with Crippen LogP contribution in [0.25, 0.3) is 0 Å². The predicted octanol–water partition coefficient (Wildman–Crippen LogP) is 3.06. The van der Waals surface area contributed by atoms with Crippen molar-refractivity contribution >= 4 is 5.97 Å². The first-order valence-corrected chi connectivity index (χ1v) is 4.56. The summed E-state index contributed by atoms with van der Waals surface area (Å²) in [5.74, 6) is -1.27. The Morgan fingerprint density at radius 1 is 1.20 bits per heavy atom. The Hall–Kier alpha value is -1.26. The fourth-order valence-electron chi connectivity index (χ4n) is 1.65. The smallest absolute Gasteiger partial charge is 0.416 e. The zero-order chi connectivity index (χ0) is 11.6. The van der Waals surface area contributed by atoms with Gasteiger partial charge < -0.3 is 5.11 Å². The first-order chi connectivity index (χ1) is 6.84. The van der Waals surface area contributed by atoms with Crippen LogP contribution in [-0.2, 0) is 4.79 Å². The Morgan fingerprint density at radius 3 is 2.07 bits per heavy atom. The Bertz CT molecular complexity index is 326. The Morgan fingerprint density at radius 2 is 1.67 bits per heavy atom. The molecule has 0 atom stereocenters. The van der Waals surface area contributed by atoms with E-state index in [1.807, 2.05) is 0 Å². The summed E-state index contributed by atoms with van der Waals surface area (Å²) >= 11 is 0. The molecule has 1 aliphatic carbocycles. The van der Waals surface area contributed by atoms with Gasteiger partial charge in [-0.2, -0.15) is 13.2 Å². The molecule has 0 unspecified atom stereocenters. The highest BCUT2D eigenvalue weighted by Gasteiger charge is 2.36. The highest BCUT2D eigenvalue weighted by molar-refractivity contribution is 5.88. The zero-order valence-corrected chi connectivity index (χ0v) is 8.02. The highest BCUT2D eigenvalue weighted by atomic mass is 19.4. The second-order valence-electron chi connectivity index (χ2n) is 3.45. The number of halogens is 3. The monoisotopic (exact) mass is 220 g/mol. The van der Waals surface area contributed by atoms with E-state index in [2.05, 4.69) is 6.58 Å². The maximum atomic E-state index is 12.3. The van der Waals surface area contributed by atoms with Crippen molar-refractivity contribution in [3.05, 3.63) is 23.3 Å². The minimum atomic E-state index is -4.53. The van der Waals surface area contributed by atoms with E-state index >= 15 is 0 Å².